The molecule has 2 heterocycles. The van der Waals surface area contributed by atoms with Gasteiger partial charge in [0, 0.05) is 48.8 Å². The minimum atomic E-state index is -0.429. The van der Waals surface area contributed by atoms with E-state index >= 15 is 0 Å². The molecule has 2 aromatic carbocycles. The van der Waals surface area contributed by atoms with Gasteiger partial charge in [-0.3, -0.25) is 19.7 Å². The van der Waals surface area contributed by atoms with Crippen LogP contribution in [-0.2, 0) is 35.8 Å². The van der Waals surface area contributed by atoms with Crippen molar-refractivity contribution in [1.29, 1.82) is 0 Å². The molecule has 0 saturated heterocycles. The van der Waals surface area contributed by atoms with Crippen molar-refractivity contribution in [1.82, 2.24) is 9.80 Å². The van der Waals surface area contributed by atoms with Gasteiger partial charge in [0.2, 0.25) is 11.8 Å². The maximum Gasteiger partial charge on any atom is 0.275 e. The Labute approximate surface area is 185 Å². The van der Waals surface area contributed by atoms with E-state index in [-0.39, 0.29) is 24.0 Å². The Morgan fingerprint density at radius 1 is 0.844 bits per heavy atom. The quantitative estimate of drug-likeness (QED) is 0.439. The summed E-state index contributed by atoms with van der Waals surface area (Å²) in [4.78, 5) is 36.4. The second kappa shape index (κ2) is 9.13. The van der Waals surface area contributed by atoms with Crippen LogP contribution in [0, 0.1) is 10.1 Å². The number of nitrogens with two attached hydrogens (primary N) is 1. The molecule has 0 unspecified atom stereocenters. The molecule has 0 saturated carbocycles. The van der Waals surface area contributed by atoms with Crippen LogP contribution < -0.4 is 15.2 Å². The van der Waals surface area contributed by atoms with E-state index in [0.29, 0.717) is 30.9 Å². The summed E-state index contributed by atoms with van der Waals surface area (Å²) in [6.45, 7) is 4.85. The molecule has 10 heteroatoms. The number of nitrogens with zero attached hydrogens (tertiary/aromatic N) is 3. The molecule has 2 N–H and O–H groups in total. The molecule has 2 aromatic rings. The maximum absolute atomic E-state index is 11.3. The zero-order valence-electron chi connectivity index (χ0n) is 18.5. The number of nitro groups is 1. The molecule has 0 spiro atoms. The minimum Gasteiger partial charge on any atom is -0.496 e. The van der Waals surface area contributed by atoms with Gasteiger partial charge >= 0.3 is 0 Å². The number of amides is 2. The monoisotopic (exact) mass is 442 g/mol. The molecule has 2 aliphatic heterocycles. The molecule has 0 fully saturated rings. The highest BCUT2D eigenvalue weighted by atomic mass is 16.6. The van der Waals surface area contributed by atoms with Gasteiger partial charge < -0.3 is 25.0 Å². The Hall–Kier alpha value is -3.82. The van der Waals surface area contributed by atoms with E-state index in [1.807, 2.05) is 12.1 Å². The van der Waals surface area contributed by atoms with Gasteiger partial charge in [-0.05, 0) is 18.2 Å². The summed E-state index contributed by atoms with van der Waals surface area (Å²) in [7, 11) is 3.14. The topological polar surface area (TPSA) is 128 Å². The number of fused-ring (bicyclic) bond motifs is 2. The number of nitrogen functional groups attached to an aromatic ring is 1. The average Bonchev–Trinajstić information content (AvgIpc) is 3.39. The van der Waals surface area contributed by atoms with Crippen molar-refractivity contribution >= 4 is 23.2 Å². The molecule has 0 aliphatic carbocycles. The average molecular weight is 442 g/mol. The molecule has 170 valence electrons. The summed E-state index contributed by atoms with van der Waals surface area (Å²) < 4.78 is 10.4. The Morgan fingerprint density at radius 2 is 1.28 bits per heavy atom. The summed E-state index contributed by atoms with van der Waals surface area (Å²) in [5, 5.41) is 10.9. The van der Waals surface area contributed by atoms with E-state index in [1.165, 1.54) is 20.1 Å². The normalized spacial score (nSPS) is 13.6. The van der Waals surface area contributed by atoms with E-state index < -0.39 is 4.92 Å². The first-order valence-corrected chi connectivity index (χ1v) is 9.96. The van der Waals surface area contributed by atoms with Crippen molar-refractivity contribution in [2.45, 2.75) is 40.0 Å². The third kappa shape index (κ3) is 4.29. The first kappa shape index (κ1) is 22.9. The SMILES string of the molecule is COc1ccc(N)c2c1CN(C(C)=O)C2.COc1ccc([N+](=O)[O-])c2c1CN(C(C)=O)C2. The van der Waals surface area contributed by atoms with Crippen molar-refractivity contribution < 1.29 is 24.0 Å². The first-order chi connectivity index (χ1) is 15.2. The number of methoxy groups -OCH3 is 2. The van der Waals surface area contributed by atoms with Crippen LogP contribution >= 0.6 is 0 Å². The highest BCUT2D eigenvalue weighted by Gasteiger charge is 2.31. The molecule has 10 nitrogen and oxygen atoms in total. The third-order valence-electron chi connectivity index (χ3n) is 5.71. The molecule has 2 aliphatic rings. The fourth-order valence-electron chi connectivity index (χ4n) is 3.93. The van der Waals surface area contributed by atoms with Crippen LogP contribution in [0.5, 0.6) is 11.5 Å². The summed E-state index contributed by atoms with van der Waals surface area (Å²) in [5.41, 5.74) is 10.0. The van der Waals surface area contributed by atoms with Crippen LogP contribution in [0.1, 0.15) is 36.1 Å². The third-order valence-corrected chi connectivity index (χ3v) is 5.71. The predicted octanol–water partition coefficient (Wildman–Crippen LogP) is 2.61. The largest absolute Gasteiger partial charge is 0.496 e. The zero-order valence-corrected chi connectivity index (χ0v) is 18.5. The molecule has 0 bridgehead atoms. The van der Waals surface area contributed by atoms with E-state index in [2.05, 4.69) is 0 Å². The van der Waals surface area contributed by atoms with Crippen molar-refractivity contribution in [3.63, 3.8) is 0 Å². The van der Waals surface area contributed by atoms with Crippen LogP contribution in [0.15, 0.2) is 24.3 Å². The molecule has 4 rings (SSSR count). The molecule has 0 radical (unpaired) electrons. The van der Waals surface area contributed by atoms with Crippen molar-refractivity contribution in [2.24, 2.45) is 0 Å². The summed E-state index contributed by atoms with van der Waals surface area (Å²) in [5.74, 6) is 1.36. The van der Waals surface area contributed by atoms with E-state index in [0.717, 1.165) is 28.1 Å². The smallest absolute Gasteiger partial charge is 0.275 e. The lowest BCUT2D eigenvalue weighted by Crippen LogP contribution is -2.21. The molecular formula is C22H26N4O6. The van der Waals surface area contributed by atoms with Crippen LogP contribution in [0.4, 0.5) is 11.4 Å². The number of hydrogen-bond donors (Lipinski definition) is 1. The van der Waals surface area contributed by atoms with Gasteiger partial charge in [-0.15, -0.1) is 0 Å². The highest BCUT2D eigenvalue weighted by molar-refractivity contribution is 5.76. The summed E-state index contributed by atoms with van der Waals surface area (Å²) >= 11 is 0. The second-order valence-electron chi connectivity index (χ2n) is 7.57. The predicted molar refractivity (Wildman–Crippen MR) is 117 cm³/mol. The van der Waals surface area contributed by atoms with Gasteiger partial charge in [0.05, 0.1) is 44.3 Å². The first-order valence-electron chi connectivity index (χ1n) is 9.96. The number of carbonyl (C=O) groups is 2. The number of anilines is 1. The van der Waals surface area contributed by atoms with Gasteiger partial charge in [-0.25, -0.2) is 0 Å². The van der Waals surface area contributed by atoms with E-state index in [9.17, 15) is 19.7 Å². The van der Waals surface area contributed by atoms with E-state index in [4.69, 9.17) is 15.2 Å². The van der Waals surface area contributed by atoms with Gasteiger partial charge in [0.1, 0.15) is 11.5 Å². The number of benzene rings is 2. The highest BCUT2D eigenvalue weighted by Crippen LogP contribution is 2.37. The maximum atomic E-state index is 11.3. The molecule has 0 atom stereocenters. The number of nitro benzene ring substituents is 1. The standard InChI is InChI=1S/C11H12N2O4.C11H14N2O2/c1-7(14)12-5-8-9(6-12)11(17-2)4-3-10(8)13(15)16;1-7(14)13-5-8-9(6-13)11(15-2)4-3-10(8)12/h3-4H,5-6H2,1-2H3;3-4H,5-6,12H2,1-2H3. The Balaban J connectivity index is 0.000000182. The van der Waals surface area contributed by atoms with Gasteiger partial charge in [0.25, 0.3) is 5.69 Å². The summed E-state index contributed by atoms with van der Waals surface area (Å²) in [6.07, 6.45) is 0. The zero-order chi connectivity index (χ0) is 23.6. The Morgan fingerprint density at radius 3 is 1.75 bits per heavy atom. The molecule has 32 heavy (non-hydrogen) atoms. The van der Waals surface area contributed by atoms with Gasteiger partial charge in [0.15, 0.2) is 0 Å². The fourth-order valence-corrected chi connectivity index (χ4v) is 3.93. The molecular weight excluding hydrogens is 416 g/mol. The Bertz CT molecular complexity index is 1080. The van der Waals surface area contributed by atoms with E-state index in [1.54, 1.807) is 29.9 Å². The number of hydrogen-bond acceptors (Lipinski definition) is 7. The van der Waals surface area contributed by atoms with Crippen molar-refractivity contribution in [3.05, 3.63) is 56.6 Å². The van der Waals surface area contributed by atoms with Crippen LogP contribution in [0.2, 0.25) is 0 Å². The van der Waals surface area contributed by atoms with Crippen LogP contribution in [0.3, 0.4) is 0 Å². The minimum absolute atomic E-state index is 0.0459. The van der Waals surface area contributed by atoms with Crippen molar-refractivity contribution in [3.8, 4) is 11.5 Å². The van der Waals surface area contributed by atoms with Crippen LogP contribution in [0.25, 0.3) is 0 Å². The number of ether oxygens (including phenoxy) is 2. The number of carbonyl (C=O) groups excluding carboxylic acids is 2. The van der Waals surface area contributed by atoms with Gasteiger partial charge in [-0.1, -0.05) is 0 Å². The Kier molecular flexibility index (Phi) is 6.52. The fraction of sp³-hybridized carbons (Fsp3) is 0.364. The second-order valence-corrected chi connectivity index (χ2v) is 7.57. The van der Waals surface area contributed by atoms with Crippen LogP contribution in [-0.4, -0.2) is 40.8 Å². The van der Waals surface area contributed by atoms with Crippen molar-refractivity contribution in [2.75, 3.05) is 20.0 Å². The lowest BCUT2D eigenvalue weighted by Gasteiger charge is -2.11. The lowest BCUT2D eigenvalue weighted by atomic mass is 10.1. The van der Waals surface area contributed by atoms with Gasteiger partial charge in [-0.2, -0.15) is 0 Å². The molecule has 0 aromatic heterocycles. The lowest BCUT2D eigenvalue weighted by molar-refractivity contribution is -0.385. The summed E-state index contributed by atoms with van der Waals surface area (Å²) in [6, 6.07) is 6.65. The number of rotatable bonds is 3. The molecule has 2 amide bonds.